The van der Waals surface area contributed by atoms with Crippen LogP contribution in [0.2, 0.25) is 0 Å². The third kappa shape index (κ3) is 5.78. The zero-order valence-electron chi connectivity index (χ0n) is 21.3. The van der Waals surface area contributed by atoms with E-state index in [1.165, 1.54) is 5.56 Å². The number of rotatable bonds is 8. The highest BCUT2D eigenvalue weighted by Crippen LogP contribution is 2.41. The van der Waals surface area contributed by atoms with E-state index in [2.05, 4.69) is 56.7 Å². The van der Waals surface area contributed by atoms with Crippen LogP contribution in [-0.2, 0) is 16.1 Å². The molecule has 198 valence electrons. The second kappa shape index (κ2) is 11.9. The van der Waals surface area contributed by atoms with E-state index in [-0.39, 0.29) is 11.8 Å². The molecule has 2 heterocycles. The van der Waals surface area contributed by atoms with Crippen molar-refractivity contribution in [3.8, 4) is 22.5 Å². The topological polar surface area (TPSA) is 90.5 Å². The number of alkyl halides is 1. The molecule has 1 saturated heterocycles. The predicted octanol–water partition coefficient (Wildman–Crippen LogP) is 4.12. The molecule has 9 heteroatoms. The van der Waals surface area contributed by atoms with Crippen molar-refractivity contribution >= 4 is 34.2 Å². The van der Waals surface area contributed by atoms with Crippen LogP contribution < -0.4 is 15.6 Å². The van der Waals surface area contributed by atoms with Crippen molar-refractivity contribution < 1.29 is 19.2 Å². The summed E-state index contributed by atoms with van der Waals surface area (Å²) >= 11 is 5.58. The van der Waals surface area contributed by atoms with Gasteiger partial charge in [0.15, 0.2) is 0 Å². The van der Waals surface area contributed by atoms with Crippen molar-refractivity contribution in [3.05, 3.63) is 71.6 Å². The summed E-state index contributed by atoms with van der Waals surface area (Å²) < 4.78 is 11.9. The van der Waals surface area contributed by atoms with Gasteiger partial charge in [-0.2, -0.15) is 0 Å². The Labute approximate surface area is 226 Å². The summed E-state index contributed by atoms with van der Waals surface area (Å²) in [6.07, 6.45) is 0. The lowest BCUT2D eigenvalue weighted by Gasteiger charge is -2.26. The molecule has 8 nitrogen and oxygen atoms in total. The summed E-state index contributed by atoms with van der Waals surface area (Å²) in [6.45, 7) is 5.36. The molecule has 0 atom stereocenters. The first-order valence-corrected chi connectivity index (χ1v) is 13.2. The highest BCUT2D eigenvalue weighted by atomic mass is 35.5. The number of anilines is 1. The Morgan fingerprint density at radius 2 is 1.97 bits per heavy atom. The molecule has 3 aliphatic rings. The molecule has 0 spiro atoms. The van der Waals surface area contributed by atoms with Crippen LogP contribution >= 0.6 is 11.6 Å². The van der Waals surface area contributed by atoms with Gasteiger partial charge in [0.05, 0.1) is 13.2 Å². The minimum Gasteiger partial charge on any atom is -0.456 e. The van der Waals surface area contributed by atoms with Crippen molar-refractivity contribution in [1.29, 1.82) is 0 Å². The van der Waals surface area contributed by atoms with E-state index in [1.807, 2.05) is 19.2 Å². The monoisotopic (exact) mass is 534 g/mol. The average Bonchev–Trinajstić information content (AvgIpc) is 2.95. The molecule has 0 saturated carbocycles. The number of halogens is 1. The van der Waals surface area contributed by atoms with E-state index in [4.69, 9.17) is 20.8 Å². The number of carbonyl (C=O) groups excluding carboxylic acids is 1. The van der Waals surface area contributed by atoms with Gasteiger partial charge in [-0.05, 0) is 41.5 Å². The molecule has 0 unspecified atom stereocenters. The normalized spacial score (nSPS) is 14.7. The van der Waals surface area contributed by atoms with Crippen molar-refractivity contribution in [2.75, 3.05) is 57.2 Å². The van der Waals surface area contributed by atoms with Crippen molar-refractivity contribution in [2.45, 2.75) is 6.54 Å². The first-order chi connectivity index (χ1) is 18.6. The minimum absolute atomic E-state index is 0.0514. The van der Waals surface area contributed by atoms with Gasteiger partial charge in [0.25, 0.3) is 0 Å². The molecule has 1 aliphatic carbocycles. The van der Waals surface area contributed by atoms with Crippen molar-refractivity contribution in [2.24, 2.45) is 5.16 Å². The second-order valence-electron chi connectivity index (χ2n) is 9.43. The maximum atomic E-state index is 11.5. The molecule has 38 heavy (non-hydrogen) atoms. The number of hydrogen-bond acceptors (Lipinski definition) is 7. The number of nitrogens with zero attached hydrogens (tertiary/aromatic N) is 3. The highest BCUT2D eigenvalue weighted by Gasteiger charge is 2.19. The predicted molar refractivity (Wildman–Crippen MR) is 149 cm³/mol. The lowest BCUT2D eigenvalue weighted by Crippen LogP contribution is -2.35. The lowest BCUT2D eigenvalue weighted by molar-refractivity contribution is -0.118. The number of hydrogen-bond donors (Lipinski definition) is 2. The van der Waals surface area contributed by atoms with E-state index < -0.39 is 0 Å². The van der Waals surface area contributed by atoms with Crippen LogP contribution in [0.1, 0.15) is 5.56 Å². The highest BCUT2D eigenvalue weighted by molar-refractivity contribution is 6.27. The van der Waals surface area contributed by atoms with Gasteiger partial charge in [-0.15, -0.1) is 11.6 Å². The Hall–Kier alpha value is -3.59. The summed E-state index contributed by atoms with van der Waals surface area (Å²) in [7, 11) is 1.97. The number of carbonyl (C=O) groups is 1. The van der Waals surface area contributed by atoms with Gasteiger partial charge in [0.1, 0.15) is 22.6 Å². The number of ether oxygens (including phenoxy) is 1. The number of amides is 1. The second-order valence-corrected chi connectivity index (χ2v) is 9.70. The quantitative estimate of drug-likeness (QED) is 0.153. The number of morpholine rings is 1. The number of likely N-dealkylation sites (N-methyl/N-ethyl adjacent to an activating group) is 1. The van der Waals surface area contributed by atoms with Gasteiger partial charge in [-0.3, -0.25) is 9.69 Å². The molecule has 2 aromatic carbocycles. The molecule has 0 bridgehead atoms. The maximum Gasteiger partial charge on any atom is 0.234 e. The van der Waals surface area contributed by atoms with Gasteiger partial charge in [0.2, 0.25) is 5.91 Å². The third-order valence-electron chi connectivity index (χ3n) is 6.86. The minimum atomic E-state index is -0.189. The average molecular weight is 535 g/mol. The van der Waals surface area contributed by atoms with E-state index >= 15 is 0 Å². The lowest BCUT2D eigenvalue weighted by atomic mass is 9.92. The number of fused-ring (bicyclic) bond motifs is 2. The Balaban J connectivity index is 1.55. The fourth-order valence-electron chi connectivity index (χ4n) is 4.86. The Morgan fingerprint density at radius 1 is 1.13 bits per heavy atom. The summed E-state index contributed by atoms with van der Waals surface area (Å²) in [5.41, 5.74) is 6.02. The van der Waals surface area contributed by atoms with E-state index in [1.54, 1.807) is 12.1 Å². The van der Waals surface area contributed by atoms with Gasteiger partial charge >= 0.3 is 0 Å². The SMILES string of the molecule is CN(CCNC(=O)CCl)c1ccc2c(-c3cccc(CN4CCOCC4)c3)c3ccc(=NO)cc-3oc2c1. The fraction of sp³-hybridized carbons (Fsp3) is 0.310. The molecule has 2 N–H and O–H groups in total. The smallest absolute Gasteiger partial charge is 0.234 e. The van der Waals surface area contributed by atoms with Gasteiger partial charge in [0, 0.05) is 74.1 Å². The standard InChI is InChI=1S/C29H31ClN4O4/c1-33(10-9-31-28(35)18-30)23-6-8-25-27(17-23)38-26-16-22(32-36)5-7-24(26)29(25)21-4-2-3-20(15-21)19-34-11-13-37-14-12-34/h2-8,15-17,36H,9-14,18-19H2,1H3,(H,31,35). The van der Waals surface area contributed by atoms with Crippen molar-refractivity contribution in [1.82, 2.24) is 10.2 Å². The van der Waals surface area contributed by atoms with Gasteiger partial charge in [-0.25, -0.2) is 0 Å². The molecule has 1 amide bonds. The maximum absolute atomic E-state index is 11.5. The molecular formula is C29H31ClN4O4. The Morgan fingerprint density at radius 3 is 2.76 bits per heavy atom. The first-order valence-electron chi connectivity index (χ1n) is 12.7. The summed E-state index contributed by atoms with van der Waals surface area (Å²) in [5.74, 6) is 0.394. The van der Waals surface area contributed by atoms with Crippen LogP contribution in [-0.4, -0.2) is 68.3 Å². The summed E-state index contributed by atoms with van der Waals surface area (Å²) in [4.78, 5) is 15.9. The van der Waals surface area contributed by atoms with Crippen LogP contribution in [0.15, 0.2) is 70.2 Å². The molecular weight excluding hydrogens is 504 g/mol. The number of nitrogens with one attached hydrogen (secondary N) is 1. The largest absolute Gasteiger partial charge is 0.456 e. The molecule has 2 aromatic rings. The molecule has 1 fully saturated rings. The van der Waals surface area contributed by atoms with Gasteiger partial charge < -0.3 is 24.6 Å². The van der Waals surface area contributed by atoms with Crippen LogP contribution in [0.5, 0.6) is 0 Å². The Kier molecular flexibility index (Phi) is 8.12. The molecule has 0 radical (unpaired) electrons. The van der Waals surface area contributed by atoms with E-state index in [9.17, 15) is 10.0 Å². The molecule has 2 aliphatic heterocycles. The van der Waals surface area contributed by atoms with Crippen LogP contribution in [0, 0.1) is 0 Å². The third-order valence-corrected chi connectivity index (χ3v) is 7.10. The summed E-state index contributed by atoms with van der Waals surface area (Å²) in [6, 6.07) is 20.2. The van der Waals surface area contributed by atoms with Crippen LogP contribution in [0.4, 0.5) is 5.69 Å². The van der Waals surface area contributed by atoms with Crippen molar-refractivity contribution in [3.63, 3.8) is 0 Å². The zero-order chi connectivity index (χ0) is 26.5. The fourth-order valence-corrected chi connectivity index (χ4v) is 4.95. The van der Waals surface area contributed by atoms with E-state index in [0.29, 0.717) is 24.2 Å². The van der Waals surface area contributed by atoms with Crippen LogP contribution in [0.25, 0.3) is 33.4 Å². The Bertz CT molecular complexity index is 1460. The molecule has 5 rings (SSSR count). The van der Waals surface area contributed by atoms with E-state index in [0.717, 1.165) is 66.2 Å². The number of benzene rings is 3. The summed E-state index contributed by atoms with van der Waals surface area (Å²) in [5, 5.41) is 16.9. The first kappa shape index (κ1) is 26.0. The van der Waals surface area contributed by atoms with Gasteiger partial charge in [-0.1, -0.05) is 23.4 Å². The van der Waals surface area contributed by atoms with Crippen LogP contribution in [0.3, 0.4) is 0 Å². The zero-order valence-corrected chi connectivity index (χ0v) is 22.1. The molecule has 0 aromatic heterocycles.